The molecule has 0 aliphatic rings. The zero-order valence-corrected chi connectivity index (χ0v) is 8.24. The van der Waals surface area contributed by atoms with Gasteiger partial charge in [0.1, 0.15) is 0 Å². The largest absolute Gasteiger partial charge is 0.481 e. The Morgan fingerprint density at radius 3 is 2.69 bits per heavy atom. The lowest BCUT2D eigenvalue weighted by Gasteiger charge is -2.01. The van der Waals surface area contributed by atoms with E-state index in [0.29, 0.717) is 6.42 Å². The first-order chi connectivity index (χ1) is 6.20. The number of aromatic amines is 1. The van der Waals surface area contributed by atoms with Gasteiger partial charge < -0.3 is 10.1 Å². The van der Waals surface area contributed by atoms with Crippen LogP contribution in [0.15, 0.2) is 12.5 Å². The number of carboxylic acids is 1. The van der Waals surface area contributed by atoms with Gasteiger partial charge in [0.05, 0.1) is 12.2 Å². The molecule has 13 heavy (non-hydrogen) atoms. The fourth-order valence-electron chi connectivity index (χ4n) is 0.813. The molecule has 0 aliphatic carbocycles. The van der Waals surface area contributed by atoms with Gasteiger partial charge in [-0.25, -0.2) is 4.98 Å². The van der Waals surface area contributed by atoms with Crippen molar-refractivity contribution in [2.75, 3.05) is 0 Å². The monoisotopic (exact) mass is 184 g/mol. The Balaban J connectivity index is 0.000000671. The van der Waals surface area contributed by atoms with Gasteiger partial charge in [-0.3, -0.25) is 4.79 Å². The van der Waals surface area contributed by atoms with Gasteiger partial charge in [-0.1, -0.05) is 20.8 Å². The maximum absolute atomic E-state index is 10.4. The molecule has 74 valence electrons. The van der Waals surface area contributed by atoms with Crippen LogP contribution in [0.1, 0.15) is 26.5 Å². The van der Waals surface area contributed by atoms with Crippen LogP contribution in [0.3, 0.4) is 0 Å². The Bertz CT molecular complexity index is 232. The number of carbonyl (C=O) groups is 1. The lowest BCUT2D eigenvalue weighted by molar-refractivity contribution is -0.141. The number of carboxylic acid groups (broad SMARTS) is 1. The summed E-state index contributed by atoms with van der Waals surface area (Å²) in [4.78, 5) is 17.0. The van der Waals surface area contributed by atoms with Crippen LogP contribution < -0.4 is 0 Å². The van der Waals surface area contributed by atoms with E-state index in [1.54, 1.807) is 19.4 Å². The molecule has 0 fully saturated rings. The number of aliphatic carboxylic acids is 1. The van der Waals surface area contributed by atoms with Crippen LogP contribution in [0.4, 0.5) is 0 Å². The van der Waals surface area contributed by atoms with Crippen molar-refractivity contribution in [3.8, 4) is 0 Å². The van der Waals surface area contributed by atoms with E-state index in [9.17, 15) is 4.79 Å². The first-order valence-electron chi connectivity index (χ1n) is 4.40. The number of imidazole rings is 1. The number of hydrogen-bond donors (Lipinski definition) is 2. The van der Waals surface area contributed by atoms with Crippen LogP contribution >= 0.6 is 0 Å². The van der Waals surface area contributed by atoms with E-state index in [0.717, 1.165) is 5.69 Å². The Labute approximate surface area is 78.0 Å². The summed E-state index contributed by atoms with van der Waals surface area (Å²) in [6.07, 6.45) is 3.69. The SMILES string of the molecule is CC.CC(Cc1cnc[nH]1)C(=O)O. The highest BCUT2D eigenvalue weighted by molar-refractivity contribution is 5.69. The Kier molecular flexibility index (Phi) is 5.59. The van der Waals surface area contributed by atoms with Crippen LogP contribution in [0, 0.1) is 5.92 Å². The van der Waals surface area contributed by atoms with Crippen molar-refractivity contribution in [3.63, 3.8) is 0 Å². The number of aromatic nitrogens is 2. The summed E-state index contributed by atoms with van der Waals surface area (Å²) < 4.78 is 0. The molecule has 1 atom stereocenters. The van der Waals surface area contributed by atoms with E-state index in [1.165, 1.54) is 0 Å². The minimum Gasteiger partial charge on any atom is -0.481 e. The number of rotatable bonds is 3. The van der Waals surface area contributed by atoms with Gasteiger partial charge in [0.2, 0.25) is 0 Å². The minimum atomic E-state index is -0.778. The van der Waals surface area contributed by atoms with Crippen molar-refractivity contribution in [3.05, 3.63) is 18.2 Å². The van der Waals surface area contributed by atoms with Crippen LogP contribution in [-0.4, -0.2) is 21.0 Å². The van der Waals surface area contributed by atoms with Gasteiger partial charge in [0, 0.05) is 18.3 Å². The van der Waals surface area contributed by atoms with Crippen molar-refractivity contribution < 1.29 is 9.90 Å². The second-order valence-corrected chi connectivity index (χ2v) is 2.52. The molecule has 1 unspecified atom stereocenters. The van der Waals surface area contributed by atoms with E-state index in [1.807, 2.05) is 13.8 Å². The molecule has 0 radical (unpaired) electrons. The number of H-pyrrole nitrogens is 1. The van der Waals surface area contributed by atoms with Gasteiger partial charge in [0.15, 0.2) is 0 Å². The standard InChI is InChI=1S/C7H10N2O2.C2H6/c1-5(7(10)11)2-6-3-8-4-9-6;1-2/h3-5H,2H2,1H3,(H,8,9)(H,10,11);1-2H3. The molecule has 4 nitrogen and oxygen atoms in total. The Hall–Kier alpha value is -1.32. The fraction of sp³-hybridized carbons (Fsp3) is 0.556. The van der Waals surface area contributed by atoms with Crippen LogP contribution in [0.2, 0.25) is 0 Å². The first-order valence-corrected chi connectivity index (χ1v) is 4.40. The molecule has 0 saturated heterocycles. The molecule has 0 spiro atoms. The summed E-state index contributed by atoms with van der Waals surface area (Å²) in [5, 5.41) is 8.55. The second-order valence-electron chi connectivity index (χ2n) is 2.52. The summed E-state index contributed by atoms with van der Waals surface area (Å²) in [5.74, 6) is -1.13. The highest BCUT2D eigenvalue weighted by Crippen LogP contribution is 2.03. The van der Waals surface area contributed by atoms with E-state index in [2.05, 4.69) is 9.97 Å². The minimum absolute atomic E-state index is 0.351. The van der Waals surface area contributed by atoms with Crippen molar-refractivity contribution in [1.82, 2.24) is 9.97 Å². The molecule has 0 aliphatic heterocycles. The van der Waals surface area contributed by atoms with E-state index < -0.39 is 5.97 Å². The molecular formula is C9H16N2O2. The van der Waals surface area contributed by atoms with Crippen molar-refractivity contribution >= 4 is 5.97 Å². The molecule has 2 N–H and O–H groups in total. The Morgan fingerprint density at radius 1 is 1.69 bits per heavy atom. The molecule has 1 heterocycles. The van der Waals surface area contributed by atoms with Crippen molar-refractivity contribution in [2.24, 2.45) is 5.92 Å². The van der Waals surface area contributed by atoms with Crippen LogP contribution in [0.25, 0.3) is 0 Å². The normalized spacial score (nSPS) is 11.3. The Morgan fingerprint density at radius 2 is 2.31 bits per heavy atom. The third kappa shape index (κ3) is 4.30. The molecule has 1 aromatic heterocycles. The first kappa shape index (κ1) is 11.7. The fourth-order valence-corrected chi connectivity index (χ4v) is 0.813. The maximum atomic E-state index is 10.4. The molecule has 0 bridgehead atoms. The average Bonchev–Trinajstić information content (AvgIpc) is 2.60. The third-order valence-electron chi connectivity index (χ3n) is 1.50. The van der Waals surface area contributed by atoms with Crippen molar-refractivity contribution in [2.45, 2.75) is 27.2 Å². The van der Waals surface area contributed by atoms with Gasteiger partial charge in [-0.2, -0.15) is 0 Å². The number of hydrogen-bond acceptors (Lipinski definition) is 2. The lowest BCUT2D eigenvalue weighted by Crippen LogP contribution is -2.12. The molecule has 0 aromatic carbocycles. The smallest absolute Gasteiger partial charge is 0.306 e. The lowest BCUT2D eigenvalue weighted by atomic mass is 10.1. The number of nitrogens with one attached hydrogen (secondary N) is 1. The van der Waals surface area contributed by atoms with E-state index in [-0.39, 0.29) is 5.92 Å². The molecular weight excluding hydrogens is 168 g/mol. The van der Waals surface area contributed by atoms with Crippen LogP contribution in [0.5, 0.6) is 0 Å². The van der Waals surface area contributed by atoms with Gasteiger partial charge in [-0.05, 0) is 0 Å². The topological polar surface area (TPSA) is 66.0 Å². The molecule has 0 saturated carbocycles. The predicted molar refractivity (Wildman–Crippen MR) is 50.4 cm³/mol. The van der Waals surface area contributed by atoms with Crippen LogP contribution in [-0.2, 0) is 11.2 Å². The predicted octanol–water partition coefficient (Wildman–Crippen LogP) is 1.70. The second kappa shape index (κ2) is 6.22. The quantitative estimate of drug-likeness (QED) is 0.751. The summed E-state index contributed by atoms with van der Waals surface area (Å²) >= 11 is 0. The van der Waals surface area contributed by atoms with Gasteiger partial charge in [0.25, 0.3) is 0 Å². The maximum Gasteiger partial charge on any atom is 0.306 e. The zero-order valence-electron chi connectivity index (χ0n) is 8.24. The molecule has 0 amide bonds. The van der Waals surface area contributed by atoms with Gasteiger partial charge >= 0.3 is 5.97 Å². The number of nitrogens with zero attached hydrogens (tertiary/aromatic N) is 1. The van der Waals surface area contributed by atoms with E-state index >= 15 is 0 Å². The zero-order chi connectivity index (χ0) is 10.3. The summed E-state index contributed by atoms with van der Waals surface area (Å²) in [6.45, 7) is 5.67. The summed E-state index contributed by atoms with van der Waals surface area (Å²) in [5.41, 5.74) is 0.861. The summed E-state index contributed by atoms with van der Waals surface area (Å²) in [7, 11) is 0. The highest BCUT2D eigenvalue weighted by Gasteiger charge is 2.11. The molecule has 1 rings (SSSR count). The third-order valence-corrected chi connectivity index (χ3v) is 1.50. The summed E-state index contributed by atoms with van der Waals surface area (Å²) in [6, 6.07) is 0. The van der Waals surface area contributed by atoms with Crippen molar-refractivity contribution in [1.29, 1.82) is 0 Å². The molecule has 4 heteroatoms. The van der Waals surface area contributed by atoms with Gasteiger partial charge in [-0.15, -0.1) is 0 Å². The average molecular weight is 184 g/mol. The molecule has 1 aromatic rings. The van der Waals surface area contributed by atoms with E-state index in [4.69, 9.17) is 5.11 Å². The highest BCUT2D eigenvalue weighted by atomic mass is 16.4.